The molecule has 3 nitrogen and oxygen atoms in total. The molecule has 0 N–H and O–H groups in total. The van der Waals surface area contributed by atoms with Gasteiger partial charge < -0.3 is 9.64 Å². The molecule has 1 aliphatic heterocycles. The van der Waals surface area contributed by atoms with Gasteiger partial charge in [0.2, 0.25) is 0 Å². The molecule has 0 saturated carbocycles. The molecule has 0 radical (unpaired) electrons. The van der Waals surface area contributed by atoms with Gasteiger partial charge in [0.15, 0.2) is 0 Å². The van der Waals surface area contributed by atoms with E-state index in [4.69, 9.17) is 4.74 Å². The van der Waals surface area contributed by atoms with E-state index in [2.05, 4.69) is 45.7 Å². The van der Waals surface area contributed by atoms with Crippen LogP contribution in [0.2, 0.25) is 0 Å². The summed E-state index contributed by atoms with van der Waals surface area (Å²) in [4.78, 5) is 6.73. The number of nitrogens with zero attached hydrogens (tertiary/aromatic N) is 2. The van der Waals surface area contributed by atoms with Gasteiger partial charge in [0.1, 0.15) is 5.82 Å². The van der Waals surface area contributed by atoms with Crippen LogP contribution in [0.5, 0.6) is 0 Å². The summed E-state index contributed by atoms with van der Waals surface area (Å²) in [6.07, 6.45) is 1.87. The fraction of sp³-hybridized carbons (Fsp3) is 0.545. The van der Waals surface area contributed by atoms with Crippen molar-refractivity contribution in [3.05, 3.63) is 22.3 Å². The van der Waals surface area contributed by atoms with Crippen LogP contribution in [-0.4, -0.2) is 30.8 Å². The quantitative estimate of drug-likeness (QED) is 0.784. The van der Waals surface area contributed by atoms with Gasteiger partial charge in [0, 0.05) is 17.2 Å². The number of aryl methyl sites for hydroxylation is 1. The van der Waals surface area contributed by atoms with Crippen LogP contribution in [0.1, 0.15) is 12.5 Å². The molecule has 1 aliphatic rings. The SMILES string of the molecule is Cc1cc(N2CCOCC2C)ncc1Br. The van der Waals surface area contributed by atoms with E-state index >= 15 is 0 Å². The number of aromatic nitrogens is 1. The molecule has 2 rings (SSSR count). The van der Waals surface area contributed by atoms with E-state index < -0.39 is 0 Å². The zero-order valence-corrected chi connectivity index (χ0v) is 10.6. The Morgan fingerprint density at radius 3 is 3.07 bits per heavy atom. The van der Waals surface area contributed by atoms with Crippen LogP contribution in [0.4, 0.5) is 5.82 Å². The number of hydrogen-bond donors (Lipinski definition) is 0. The van der Waals surface area contributed by atoms with E-state index in [0.29, 0.717) is 6.04 Å². The molecule has 1 aromatic rings. The standard InChI is InChI=1S/C11H15BrN2O/c1-8-5-11(13-6-10(8)12)14-3-4-15-7-9(14)2/h5-6,9H,3-4,7H2,1-2H3. The third-order valence-corrected chi connectivity index (χ3v) is 3.52. The average Bonchev–Trinajstić information content (AvgIpc) is 2.23. The van der Waals surface area contributed by atoms with Crippen LogP contribution in [-0.2, 0) is 4.74 Å². The number of anilines is 1. The molecule has 1 saturated heterocycles. The number of morpholine rings is 1. The lowest BCUT2D eigenvalue weighted by Crippen LogP contribution is -2.44. The highest BCUT2D eigenvalue weighted by Crippen LogP contribution is 2.22. The van der Waals surface area contributed by atoms with Crippen molar-refractivity contribution >= 4 is 21.7 Å². The second-order valence-electron chi connectivity index (χ2n) is 3.91. The van der Waals surface area contributed by atoms with Gasteiger partial charge >= 0.3 is 0 Å². The fourth-order valence-corrected chi connectivity index (χ4v) is 1.97. The van der Waals surface area contributed by atoms with Gasteiger partial charge in [-0.2, -0.15) is 0 Å². The van der Waals surface area contributed by atoms with Gasteiger partial charge in [0.25, 0.3) is 0 Å². The van der Waals surface area contributed by atoms with Crippen molar-refractivity contribution in [2.24, 2.45) is 0 Å². The summed E-state index contributed by atoms with van der Waals surface area (Å²) in [6, 6.07) is 2.53. The molecule has 82 valence electrons. The second-order valence-corrected chi connectivity index (χ2v) is 4.76. The molecule has 1 fully saturated rings. The fourth-order valence-electron chi connectivity index (χ4n) is 1.75. The molecular weight excluding hydrogens is 256 g/mol. The van der Waals surface area contributed by atoms with E-state index in [0.717, 1.165) is 30.0 Å². The molecule has 0 bridgehead atoms. The molecule has 1 atom stereocenters. The minimum atomic E-state index is 0.409. The highest BCUT2D eigenvalue weighted by molar-refractivity contribution is 9.10. The molecular formula is C11H15BrN2O. The highest BCUT2D eigenvalue weighted by Gasteiger charge is 2.20. The molecule has 0 aliphatic carbocycles. The summed E-state index contributed by atoms with van der Waals surface area (Å²) < 4.78 is 6.47. The zero-order valence-electron chi connectivity index (χ0n) is 9.03. The van der Waals surface area contributed by atoms with Crippen molar-refractivity contribution in [3.63, 3.8) is 0 Å². The Labute approximate surface area is 98.6 Å². The van der Waals surface area contributed by atoms with Gasteiger partial charge in [0.05, 0.1) is 19.3 Å². The Hall–Kier alpha value is -0.610. The number of rotatable bonds is 1. The lowest BCUT2D eigenvalue weighted by atomic mass is 10.2. The Kier molecular flexibility index (Phi) is 3.26. The third kappa shape index (κ3) is 2.32. The maximum Gasteiger partial charge on any atom is 0.129 e. The maximum atomic E-state index is 5.41. The summed E-state index contributed by atoms with van der Waals surface area (Å²) in [6.45, 7) is 6.76. The van der Waals surface area contributed by atoms with Crippen molar-refractivity contribution in [1.82, 2.24) is 4.98 Å². The predicted octanol–water partition coefficient (Wildman–Crippen LogP) is 2.38. The lowest BCUT2D eigenvalue weighted by molar-refractivity contribution is 0.0985. The number of hydrogen-bond acceptors (Lipinski definition) is 3. The van der Waals surface area contributed by atoms with Crippen molar-refractivity contribution in [3.8, 4) is 0 Å². The van der Waals surface area contributed by atoms with Gasteiger partial charge in [-0.25, -0.2) is 4.98 Å². The molecule has 15 heavy (non-hydrogen) atoms. The van der Waals surface area contributed by atoms with Crippen molar-refractivity contribution in [2.45, 2.75) is 19.9 Å². The second kappa shape index (κ2) is 4.49. The summed E-state index contributed by atoms with van der Waals surface area (Å²) in [5, 5.41) is 0. The van der Waals surface area contributed by atoms with Crippen LogP contribution in [0, 0.1) is 6.92 Å². The minimum Gasteiger partial charge on any atom is -0.377 e. The monoisotopic (exact) mass is 270 g/mol. The molecule has 1 aromatic heterocycles. The maximum absolute atomic E-state index is 5.41. The van der Waals surface area contributed by atoms with Crippen LogP contribution in [0.25, 0.3) is 0 Å². The Morgan fingerprint density at radius 1 is 1.60 bits per heavy atom. The number of halogens is 1. The number of ether oxygens (including phenoxy) is 1. The largest absolute Gasteiger partial charge is 0.377 e. The highest BCUT2D eigenvalue weighted by atomic mass is 79.9. The van der Waals surface area contributed by atoms with Crippen LogP contribution in [0.15, 0.2) is 16.7 Å². The molecule has 4 heteroatoms. The Balaban J connectivity index is 2.24. The van der Waals surface area contributed by atoms with Crippen molar-refractivity contribution in [1.29, 1.82) is 0 Å². The van der Waals surface area contributed by atoms with E-state index in [-0.39, 0.29) is 0 Å². The van der Waals surface area contributed by atoms with Gasteiger partial charge in [-0.05, 0) is 41.4 Å². The van der Waals surface area contributed by atoms with E-state index in [1.807, 2.05) is 6.20 Å². The van der Waals surface area contributed by atoms with Gasteiger partial charge in [-0.1, -0.05) is 0 Å². The molecule has 1 unspecified atom stereocenters. The Bertz CT molecular complexity index is 356. The van der Waals surface area contributed by atoms with Gasteiger partial charge in [-0.3, -0.25) is 0 Å². The first-order valence-electron chi connectivity index (χ1n) is 5.15. The van der Waals surface area contributed by atoms with E-state index in [9.17, 15) is 0 Å². The van der Waals surface area contributed by atoms with Crippen LogP contribution < -0.4 is 4.90 Å². The summed E-state index contributed by atoms with van der Waals surface area (Å²) in [5.74, 6) is 1.05. The smallest absolute Gasteiger partial charge is 0.129 e. The summed E-state index contributed by atoms with van der Waals surface area (Å²) in [7, 11) is 0. The zero-order chi connectivity index (χ0) is 10.8. The van der Waals surface area contributed by atoms with E-state index in [1.54, 1.807) is 0 Å². The Morgan fingerprint density at radius 2 is 2.40 bits per heavy atom. The first-order chi connectivity index (χ1) is 7.18. The van der Waals surface area contributed by atoms with Crippen molar-refractivity contribution in [2.75, 3.05) is 24.7 Å². The average molecular weight is 271 g/mol. The predicted molar refractivity (Wildman–Crippen MR) is 64.3 cm³/mol. The van der Waals surface area contributed by atoms with Gasteiger partial charge in [-0.15, -0.1) is 0 Å². The first-order valence-corrected chi connectivity index (χ1v) is 5.94. The minimum absolute atomic E-state index is 0.409. The lowest BCUT2D eigenvalue weighted by Gasteiger charge is -2.34. The molecule has 2 heterocycles. The first kappa shape index (κ1) is 10.9. The molecule has 0 spiro atoms. The third-order valence-electron chi connectivity index (χ3n) is 2.69. The molecule has 0 aromatic carbocycles. The van der Waals surface area contributed by atoms with Crippen LogP contribution >= 0.6 is 15.9 Å². The van der Waals surface area contributed by atoms with Crippen LogP contribution in [0.3, 0.4) is 0 Å². The molecule has 0 amide bonds. The van der Waals surface area contributed by atoms with E-state index in [1.165, 1.54) is 5.56 Å². The normalized spacial score (nSPS) is 21.8. The number of pyridine rings is 1. The topological polar surface area (TPSA) is 25.4 Å². The summed E-state index contributed by atoms with van der Waals surface area (Å²) >= 11 is 3.46. The summed E-state index contributed by atoms with van der Waals surface area (Å²) in [5.41, 5.74) is 1.22. The van der Waals surface area contributed by atoms with Crippen molar-refractivity contribution < 1.29 is 4.74 Å².